The molecule has 0 aromatic rings. The van der Waals surface area contributed by atoms with Crippen LogP contribution in [0.2, 0.25) is 0 Å². The number of aliphatic hydroxyl groups is 4. The van der Waals surface area contributed by atoms with Crippen LogP contribution in [0.4, 0.5) is 0 Å². The fourth-order valence-electron chi connectivity index (χ4n) is 2.32. The number of hydrogen-bond donors (Lipinski definition) is 4. The van der Waals surface area contributed by atoms with Gasteiger partial charge < -0.3 is 34.6 Å². The van der Waals surface area contributed by atoms with Gasteiger partial charge in [-0.3, -0.25) is 0 Å². The van der Waals surface area contributed by atoms with Crippen LogP contribution in [0.3, 0.4) is 0 Å². The van der Waals surface area contributed by atoms with Crippen molar-refractivity contribution in [3.63, 3.8) is 0 Å². The standard InChI is InChI=1S/C17H30O8/c1-10(7-5-6-8-12(19)25-17(2,3)4)23-16-15(22)14(21)13(20)11(9-18)24-16/h6,8,10-11,13-16,18,20-22H,5,7,9H2,1-4H3/b8-6+/t10?,11?,13-,14-,15?,16-/m1/s1. The first-order valence-electron chi connectivity index (χ1n) is 8.40. The minimum atomic E-state index is -1.46. The Morgan fingerprint density at radius 2 is 1.84 bits per heavy atom. The van der Waals surface area contributed by atoms with Crippen LogP contribution in [0.1, 0.15) is 40.5 Å². The summed E-state index contributed by atoms with van der Waals surface area (Å²) < 4.78 is 16.0. The molecule has 0 amide bonds. The first kappa shape index (κ1) is 22.0. The van der Waals surface area contributed by atoms with Gasteiger partial charge in [0.05, 0.1) is 12.7 Å². The summed E-state index contributed by atoms with van der Waals surface area (Å²) in [6.07, 6.45) is -2.69. The molecule has 25 heavy (non-hydrogen) atoms. The van der Waals surface area contributed by atoms with Crippen LogP contribution in [0.5, 0.6) is 0 Å². The van der Waals surface area contributed by atoms with Crippen LogP contribution in [-0.4, -0.2) is 75.4 Å². The van der Waals surface area contributed by atoms with Gasteiger partial charge in [-0.25, -0.2) is 4.79 Å². The first-order chi connectivity index (χ1) is 11.5. The van der Waals surface area contributed by atoms with E-state index in [4.69, 9.17) is 19.3 Å². The summed E-state index contributed by atoms with van der Waals surface area (Å²) in [4.78, 5) is 11.5. The van der Waals surface area contributed by atoms with Gasteiger partial charge in [0.1, 0.15) is 30.0 Å². The van der Waals surface area contributed by atoms with E-state index in [0.29, 0.717) is 12.8 Å². The fourth-order valence-corrected chi connectivity index (χ4v) is 2.32. The molecule has 1 aliphatic heterocycles. The Morgan fingerprint density at radius 1 is 1.20 bits per heavy atom. The second-order valence-corrected chi connectivity index (χ2v) is 7.16. The number of aliphatic hydroxyl groups excluding tert-OH is 4. The predicted octanol–water partition coefficient (Wildman–Crippen LogP) is -0.131. The highest BCUT2D eigenvalue weighted by molar-refractivity contribution is 5.82. The molecule has 1 aliphatic rings. The van der Waals surface area contributed by atoms with E-state index in [2.05, 4.69) is 0 Å². The predicted molar refractivity (Wildman–Crippen MR) is 88.5 cm³/mol. The summed E-state index contributed by atoms with van der Waals surface area (Å²) in [6.45, 7) is 6.61. The van der Waals surface area contributed by atoms with E-state index in [0.717, 1.165) is 0 Å². The molecule has 4 N–H and O–H groups in total. The normalized spacial score (nSPS) is 31.9. The molecular weight excluding hydrogens is 332 g/mol. The molecule has 0 aromatic carbocycles. The number of carbonyl (C=O) groups is 1. The Bertz CT molecular complexity index is 442. The lowest BCUT2D eigenvalue weighted by atomic mass is 9.99. The molecular formula is C17H30O8. The smallest absolute Gasteiger partial charge is 0.330 e. The van der Waals surface area contributed by atoms with E-state index < -0.39 is 48.9 Å². The molecule has 1 saturated heterocycles. The number of carbonyl (C=O) groups excluding carboxylic acids is 1. The van der Waals surface area contributed by atoms with Crippen LogP contribution in [0.15, 0.2) is 12.2 Å². The summed E-state index contributed by atoms with van der Waals surface area (Å²) in [5, 5.41) is 38.5. The van der Waals surface area contributed by atoms with Gasteiger partial charge in [-0.1, -0.05) is 6.08 Å². The third-order valence-corrected chi connectivity index (χ3v) is 3.62. The fraction of sp³-hybridized carbons (Fsp3) is 0.824. The zero-order chi connectivity index (χ0) is 19.2. The van der Waals surface area contributed by atoms with E-state index >= 15 is 0 Å². The summed E-state index contributed by atoms with van der Waals surface area (Å²) in [6, 6.07) is 0. The molecule has 0 bridgehead atoms. The zero-order valence-electron chi connectivity index (χ0n) is 15.2. The van der Waals surface area contributed by atoms with Gasteiger partial charge >= 0.3 is 5.97 Å². The Hall–Kier alpha value is -1.03. The molecule has 1 heterocycles. The van der Waals surface area contributed by atoms with Gasteiger partial charge in [0, 0.05) is 6.08 Å². The Kier molecular flexibility index (Phi) is 8.46. The molecule has 0 radical (unpaired) electrons. The maximum absolute atomic E-state index is 11.5. The molecule has 1 fully saturated rings. The molecule has 0 saturated carbocycles. The number of rotatable bonds is 7. The van der Waals surface area contributed by atoms with Crippen LogP contribution < -0.4 is 0 Å². The quantitative estimate of drug-likeness (QED) is 0.364. The van der Waals surface area contributed by atoms with Crippen molar-refractivity contribution in [1.82, 2.24) is 0 Å². The lowest BCUT2D eigenvalue weighted by Gasteiger charge is -2.40. The minimum absolute atomic E-state index is 0.343. The lowest BCUT2D eigenvalue weighted by molar-refractivity contribution is -0.310. The van der Waals surface area contributed by atoms with Gasteiger partial charge in [-0.15, -0.1) is 0 Å². The summed E-state index contributed by atoms with van der Waals surface area (Å²) in [5.74, 6) is -0.421. The van der Waals surface area contributed by atoms with Crippen molar-refractivity contribution in [2.75, 3.05) is 6.61 Å². The Labute approximate surface area is 148 Å². The van der Waals surface area contributed by atoms with E-state index in [9.17, 15) is 20.1 Å². The summed E-state index contributed by atoms with van der Waals surface area (Å²) in [5.41, 5.74) is -0.541. The van der Waals surface area contributed by atoms with Gasteiger partial charge in [-0.05, 0) is 40.5 Å². The molecule has 0 aliphatic carbocycles. The average molecular weight is 362 g/mol. The van der Waals surface area contributed by atoms with E-state index in [1.54, 1.807) is 33.8 Å². The van der Waals surface area contributed by atoms with E-state index in [-0.39, 0.29) is 6.10 Å². The maximum atomic E-state index is 11.5. The second kappa shape index (κ2) is 9.61. The number of hydrogen-bond acceptors (Lipinski definition) is 8. The number of esters is 1. The van der Waals surface area contributed by atoms with Crippen molar-refractivity contribution in [3.05, 3.63) is 12.2 Å². The van der Waals surface area contributed by atoms with Gasteiger partial charge in [0.2, 0.25) is 0 Å². The largest absolute Gasteiger partial charge is 0.457 e. The van der Waals surface area contributed by atoms with E-state index in [1.807, 2.05) is 0 Å². The van der Waals surface area contributed by atoms with Crippen LogP contribution in [0.25, 0.3) is 0 Å². The molecule has 3 unspecified atom stereocenters. The third kappa shape index (κ3) is 7.39. The van der Waals surface area contributed by atoms with Crippen LogP contribution >= 0.6 is 0 Å². The van der Waals surface area contributed by atoms with Crippen molar-refractivity contribution >= 4 is 5.97 Å². The van der Waals surface area contributed by atoms with Crippen molar-refractivity contribution in [2.24, 2.45) is 0 Å². The summed E-state index contributed by atoms with van der Waals surface area (Å²) >= 11 is 0. The third-order valence-electron chi connectivity index (χ3n) is 3.62. The van der Waals surface area contributed by atoms with Crippen LogP contribution in [-0.2, 0) is 19.0 Å². The Morgan fingerprint density at radius 3 is 2.40 bits per heavy atom. The number of ether oxygens (including phenoxy) is 3. The van der Waals surface area contributed by atoms with Crippen molar-refractivity contribution in [1.29, 1.82) is 0 Å². The number of allylic oxidation sites excluding steroid dienone is 1. The molecule has 8 nitrogen and oxygen atoms in total. The minimum Gasteiger partial charge on any atom is -0.457 e. The molecule has 0 aromatic heterocycles. The van der Waals surface area contributed by atoms with Gasteiger partial charge in [0.25, 0.3) is 0 Å². The molecule has 146 valence electrons. The van der Waals surface area contributed by atoms with Gasteiger partial charge in [0.15, 0.2) is 6.29 Å². The topological polar surface area (TPSA) is 126 Å². The average Bonchev–Trinajstić information content (AvgIpc) is 2.50. The maximum Gasteiger partial charge on any atom is 0.330 e. The monoisotopic (exact) mass is 362 g/mol. The summed E-state index contributed by atoms with van der Waals surface area (Å²) in [7, 11) is 0. The highest BCUT2D eigenvalue weighted by Gasteiger charge is 2.44. The van der Waals surface area contributed by atoms with Crippen molar-refractivity contribution in [3.8, 4) is 0 Å². The molecule has 0 spiro atoms. The highest BCUT2D eigenvalue weighted by Crippen LogP contribution is 2.23. The van der Waals surface area contributed by atoms with Crippen molar-refractivity contribution in [2.45, 2.75) is 82.9 Å². The van der Waals surface area contributed by atoms with Gasteiger partial charge in [-0.2, -0.15) is 0 Å². The highest BCUT2D eigenvalue weighted by atomic mass is 16.7. The lowest BCUT2D eigenvalue weighted by Crippen LogP contribution is -2.59. The zero-order valence-corrected chi connectivity index (χ0v) is 15.2. The van der Waals surface area contributed by atoms with E-state index in [1.165, 1.54) is 6.08 Å². The Balaban J connectivity index is 2.41. The second-order valence-electron chi connectivity index (χ2n) is 7.16. The molecule has 6 atom stereocenters. The molecule has 8 heteroatoms. The molecule has 1 rings (SSSR count). The first-order valence-corrected chi connectivity index (χ1v) is 8.40. The SMILES string of the molecule is CC(CC/C=C/C(=O)OC(C)(C)C)O[C@@H]1OC(CO)[C@@H](O)[C@@H](O)C1O. The van der Waals surface area contributed by atoms with Crippen molar-refractivity contribution < 1.29 is 39.4 Å². The van der Waals surface area contributed by atoms with Crippen LogP contribution in [0, 0.1) is 0 Å².